The summed E-state index contributed by atoms with van der Waals surface area (Å²) in [5.74, 6) is 0.549. The third-order valence-corrected chi connectivity index (χ3v) is 6.24. The van der Waals surface area contributed by atoms with Gasteiger partial charge in [0.15, 0.2) is 0 Å². The molecule has 0 aliphatic rings. The molecule has 0 saturated heterocycles. The molecule has 0 radical (unpaired) electrons. The maximum Gasteiger partial charge on any atom is 0.341 e. The summed E-state index contributed by atoms with van der Waals surface area (Å²) in [6.45, 7) is 5.49. The summed E-state index contributed by atoms with van der Waals surface area (Å²) in [6.07, 6.45) is 7.78. The van der Waals surface area contributed by atoms with Crippen molar-refractivity contribution in [2.24, 2.45) is 0 Å². The molecule has 1 aromatic heterocycles. The smallest absolute Gasteiger partial charge is 0.341 e. The van der Waals surface area contributed by atoms with Crippen LogP contribution in [0.5, 0.6) is 17.2 Å². The zero-order valence-corrected chi connectivity index (χ0v) is 22.5. The van der Waals surface area contributed by atoms with E-state index >= 15 is 0 Å². The van der Waals surface area contributed by atoms with Crippen LogP contribution in [0.15, 0.2) is 47.4 Å². The number of carboxylic acids is 1. The van der Waals surface area contributed by atoms with Gasteiger partial charge in [-0.05, 0) is 38.3 Å². The SMILES string of the molecule is CCCOc1cc(OCC)cc(-n2cc(C(=O)O)c(=O)c3ccc(OCCCCCCCBr)cc32)c1. The Morgan fingerprint density at radius 3 is 2.28 bits per heavy atom. The van der Waals surface area contributed by atoms with E-state index in [1.807, 2.05) is 19.9 Å². The van der Waals surface area contributed by atoms with Crippen molar-refractivity contribution in [1.29, 1.82) is 0 Å². The van der Waals surface area contributed by atoms with Crippen LogP contribution in [-0.2, 0) is 0 Å². The monoisotopic (exact) mass is 559 g/mol. The van der Waals surface area contributed by atoms with Crippen LogP contribution in [0, 0.1) is 0 Å². The lowest BCUT2D eigenvalue weighted by atomic mass is 10.1. The van der Waals surface area contributed by atoms with Crippen molar-refractivity contribution >= 4 is 32.8 Å². The lowest BCUT2D eigenvalue weighted by Crippen LogP contribution is -2.18. The molecule has 3 aromatic rings. The largest absolute Gasteiger partial charge is 0.494 e. The number of halogens is 1. The van der Waals surface area contributed by atoms with Gasteiger partial charge in [0.05, 0.1) is 31.0 Å². The first kappa shape index (κ1) is 27.6. The molecular weight excluding hydrogens is 526 g/mol. The molecule has 0 saturated carbocycles. The maximum atomic E-state index is 12.9. The fourth-order valence-corrected chi connectivity index (χ4v) is 4.32. The molecule has 1 N–H and O–H groups in total. The van der Waals surface area contributed by atoms with Crippen molar-refractivity contribution in [2.45, 2.75) is 52.4 Å². The number of aromatic carboxylic acids is 1. The molecule has 0 unspecified atom stereocenters. The molecule has 0 amide bonds. The predicted octanol–water partition coefficient (Wildman–Crippen LogP) is 6.60. The fraction of sp³-hybridized carbons (Fsp3) is 0.429. The Morgan fingerprint density at radius 1 is 0.889 bits per heavy atom. The molecule has 7 nitrogen and oxygen atoms in total. The summed E-state index contributed by atoms with van der Waals surface area (Å²) >= 11 is 3.45. The molecule has 0 fully saturated rings. The molecule has 0 atom stereocenters. The van der Waals surface area contributed by atoms with Crippen LogP contribution in [0.1, 0.15) is 62.7 Å². The van der Waals surface area contributed by atoms with Crippen molar-refractivity contribution in [3.8, 4) is 22.9 Å². The van der Waals surface area contributed by atoms with E-state index in [0.717, 1.165) is 24.6 Å². The Balaban J connectivity index is 2.01. The van der Waals surface area contributed by atoms with E-state index in [-0.39, 0.29) is 5.56 Å². The minimum absolute atomic E-state index is 0.301. The third kappa shape index (κ3) is 7.26. The standard InChI is InChI=1S/C28H34BrNO6/c1-3-13-35-23-16-20(15-22(17-23)34-4-2)30-19-25(28(32)33)27(31)24-11-10-21(18-26(24)30)36-14-9-7-5-6-8-12-29/h10-11,15-19H,3-9,12-14H2,1-2H3,(H,32,33). The van der Waals surface area contributed by atoms with Gasteiger partial charge in [-0.25, -0.2) is 4.79 Å². The van der Waals surface area contributed by atoms with E-state index in [1.54, 1.807) is 34.9 Å². The van der Waals surface area contributed by atoms with Gasteiger partial charge in [-0.2, -0.15) is 0 Å². The number of aromatic nitrogens is 1. The van der Waals surface area contributed by atoms with Crippen molar-refractivity contribution in [3.05, 3.63) is 58.4 Å². The number of benzene rings is 2. The number of carboxylic acid groups (broad SMARTS) is 1. The second-order valence-electron chi connectivity index (χ2n) is 8.48. The zero-order valence-electron chi connectivity index (χ0n) is 20.9. The van der Waals surface area contributed by atoms with Gasteiger partial charge in [0.25, 0.3) is 0 Å². The minimum atomic E-state index is -1.28. The topological polar surface area (TPSA) is 87.0 Å². The van der Waals surface area contributed by atoms with E-state index in [9.17, 15) is 14.7 Å². The quantitative estimate of drug-likeness (QED) is 0.167. The Bertz CT molecular complexity index is 1220. The highest BCUT2D eigenvalue weighted by atomic mass is 79.9. The van der Waals surface area contributed by atoms with Crippen LogP contribution in [0.2, 0.25) is 0 Å². The van der Waals surface area contributed by atoms with Crippen molar-refractivity contribution in [1.82, 2.24) is 4.57 Å². The van der Waals surface area contributed by atoms with Crippen LogP contribution in [0.4, 0.5) is 0 Å². The highest BCUT2D eigenvalue weighted by Crippen LogP contribution is 2.29. The van der Waals surface area contributed by atoms with Crippen LogP contribution in [0.25, 0.3) is 16.6 Å². The van der Waals surface area contributed by atoms with Gasteiger partial charge in [0.2, 0.25) is 5.43 Å². The Kier molecular flexibility index (Phi) is 10.7. The number of carbonyl (C=O) groups is 1. The molecule has 8 heteroatoms. The van der Waals surface area contributed by atoms with Crippen molar-refractivity contribution in [2.75, 3.05) is 25.2 Å². The summed E-state index contributed by atoms with van der Waals surface area (Å²) < 4.78 is 19.2. The Hall–Kier alpha value is -3.00. The van der Waals surface area contributed by atoms with Crippen molar-refractivity contribution < 1.29 is 24.1 Å². The number of hydrogen-bond donors (Lipinski definition) is 1. The molecule has 0 spiro atoms. The molecule has 2 aromatic carbocycles. The van der Waals surface area contributed by atoms with Gasteiger partial charge in [-0.3, -0.25) is 4.79 Å². The molecule has 3 rings (SSSR count). The second-order valence-corrected chi connectivity index (χ2v) is 9.27. The van der Waals surface area contributed by atoms with Crippen LogP contribution >= 0.6 is 15.9 Å². The molecule has 0 bridgehead atoms. The number of nitrogens with zero attached hydrogens (tertiary/aromatic N) is 1. The normalized spacial score (nSPS) is 11.0. The Morgan fingerprint density at radius 2 is 1.58 bits per heavy atom. The van der Waals surface area contributed by atoms with Gasteiger partial charge < -0.3 is 23.9 Å². The zero-order chi connectivity index (χ0) is 25.9. The first-order valence-corrected chi connectivity index (χ1v) is 13.6. The lowest BCUT2D eigenvalue weighted by Gasteiger charge is -2.17. The number of pyridine rings is 1. The first-order valence-electron chi connectivity index (χ1n) is 12.5. The summed E-state index contributed by atoms with van der Waals surface area (Å²) in [4.78, 5) is 24.8. The molecular formula is C28H34BrNO6. The molecule has 1 heterocycles. The summed E-state index contributed by atoms with van der Waals surface area (Å²) in [5.41, 5.74) is 0.339. The van der Waals surface area contributed by atoms with Crippen LogP contribution < -0.4 is 19.6 Å². The van der Waals surface area contributed by atoms with E-state index in [1.165, 1.54) is 25.5 Å². The summed E-state index contributed by atoms with van der Waals surface area (Å²) in [7, 11) is 0. The summed E-state index contributed by atoms with van der Waals surface area (Å²) in [5, 5.41) is 11.0. The van der Waals surface area contributed by atoms with E-state index in [2.05, 4.69) is 15.9 Å². The van der Waals surface area contributed by atoms with E-state index in [4.69, 9.17) is 14.2 Å². The second kappa shape index (κ2) is 13.9. The molecule has 194 valence electrons. The van der Waals surface area contributed by atoms with Gasteiger partial charge in [0, 0.05) is 41.2 Å². The number of alkyl halides is 1. The van der Waals surface area contributed by atoms with Gasteiger partial charge in [-0.1, -0.05) is 42.1 Å². The fourth-order valence-electron chi connectivity index (χ4n) is 3.93. The van der Waals surface area contributed by atoms with E-state index < -0.39 is 11.4 Å². The van der Waals surface area contributed by atoms with Crippen LogP contribution in [-0.4, -0.2) is 40.8 Å². The molecule has 0 aliphatic carbocycles. The number of rotatable bonds is 15. The predicted molar refractivity (Wildman–Crippen MR) is 146 cm³/mol. The van der Waals surface area contributed by atoms with Gasteiger partial charge in [-0.15, -0.1) is 0 Å². The Labute approximate surface area is 220 Å². The highest BCUT2D eigenvalue weighted by molar-refractivity contribution is 9.09. The van der Waals surface area contributed by atoms with Gasteiger partial charge in [0.1, 0.15) is 22.8 Å². The average molecular weight is 560 g/mol. The molecule has 36 heavy (non-hydrogen) atoms. The number of unbranched alkanes of at least 4 members (excludes halogenated alkanes) is 4. The lowest BCUT2D eigenvalue weighted by molar-refractivity contribution is 0.0695. The molecule has 0 aliphatic heterocycles. The summed E-state index contributed by atoms with van der Waals surface area (Å²) in [6, 6.07) is 10.6. The first-order chi connectivity index (χ1) is 17.5. The number of hydrogen-bond acceptors (Lipinski definition) is 5. The number of fused-ring (bicyclic) bond motifs is 1. The van der Waals surface area contributed by atoms with Gasteiger partial charge >= 0.3 is 5.97 Å². The average Bonchev–Trinajstić information content (AvgIpc) is 2.87. The number of ether oxygens (including phenoxy) is 3. The third-order valence-electron chi connectivity index (χ3n) is 5.68. The maximum absolute atomic E-state index is 12.9. The van der Waals surface area contributed by atoms with Crippen molar-refractivity contribution in [3.63, 3.8) is 0 Å². The van der Waals surface area contributed by atoms with E-state index in [0.29, 0.717) is 53.7 Å². The van der Waals surface area contributed by atoms with Crippen LogP contribution in [0.3, 0.4) is 0 Å². The minimum Gasteiger partial charge on any atom is -0.494 e. The highest BCUT2D eigenvalue weighted by Gasteiger charge is 2.17.